The summed E-state index contributed by atoms with van der Waals surface area (Å²) in [6, 6.07) is 4.78. The lowest BCUT2D eigenvalue weighted by Crippen LogP contribution is -2.26. The van der Waals surface area contributed by atoms with E-state index in [1.54, 1.807) is 37.1 Å². The van der Waals surface area contributed by atoms with Gasteiger partial charge in [-0.1, -0.05) is 0 Å². The Labute approximate surface area is 94.0 Å². The third kappa shape index (κ3) is 1.61. The molecule has 4 heteroatoms. The van der Waals surface area contributed by atoms with Gasteiger partial charge in [0.15, 0.2) is 5.78 Å². The Balaban J connectivity index is 2.39. The summed E-state index contributed by atoms with van der Waals surface area (Å²) in [5.74, 6) is -0.0369. The number of fused-ring (bicyclic) bond motifs is 1. The number of likely N-dealkylation sites (N-methyl/N-ethyl adjacent to an activating group) is 1. The van der Waals surface area contributed by atoms with Crippen molar-refractivity contribution in [3.63, 3.8) is 0 Å². The Hall–Kier alpha value is -1.68. The topological polar surface area (TPSA) is 63.4 Å². The number of ketones is 1. The van der Waals surface area contributed by atoms with Crippen molar-refractivity contribution in [3.05, 3.63) is 29.3 Å². The van der Waals surface area contributed by atoms with Gasteiger partial charge in [0.2, 0.25) is 5.91 Å². The third-order valence-electron chi connectivity index (χ3n) is 2.85. The zero-order chi connectivity index (χ0) is 11.9. The van der Waals surface area contributed by atoms with Gasteiger partial charge in [-0.3, -0.25) is 9.59 Å². The van der Waals surface area contributed by atoms with Gasteiger partial charge < -0.3 is 10.6 Å². The lowest BCUT2D eigenvalue weighted by atomic mass is 10.0. The standard InChI is InChI=1S/C12H14N2O2/c1-7(13)12(16)8-3-4-10-9(5-8)6-11(15)14(10)2/h3-5,7H,6,13H2,1-2H3. The minimum atomic E-state index is -0.507. The van der Waals surface area contributed by atoms with Crippen molar-refractivity contribution in [2.24, 2.45) is 5.73 Å². The number of anilines is 1. The molecule has 0 spiro atoms. The molecule has 1 heterocycles. The zero-order valence-electron chi connectivity index (χ0n) is 9.36. The van der Waals surface area contributed by atoms with Gasteiger partial charge in [0, 0.05) is 18.3 Å². The molecule has 2 rings (SSSR count). The molecule has 1 amide bonds. The lowest BCUT2D eigenvalue weighted by Gasteiger charge is -2.10. The molecule has 0 aliphatic carbocycles. The second-order valence-electron chi connectivity index (χ2n) is 4.13. The van der Waals surface area contributed by atoms with Crippen LogP contribution in [0.1, 0.15) is 22.8 Å². The number of nitrogens with zero attached hydrogens (tertiary/aromatic N) is 1. The summed E-state index contributed by atoms with van der Waals surface area (Å²) in [5, 5.41) is 0. The van der Waals surface area contributed by atoms with Gasteiger partial charge >= 0.3 is 0 Å². The first-order valence-electron chi connectivity index (χ1n) is 5.20. The minimum absolute atomic E-state index is 0.0559. The van der Waals surface area contributed by atoms with E-state index in [4.69, 9.17) is 5.73 Å². The van der Waals surface area contributed by atoms with E-state index in [1.165, 1.54) is 0 Å². The number of carbonyl (C=O) groups excluding carboxylic acids is 2. The number of nitrogens with two attached hydrogens (primary N) is 1. The van der Waals surface area contributed by atoms with E-state index in [1.807, 2.05) is 0 Å². The smallest absolute Gasteiger partial charge is 0.231 e. The number of Topliss-reactive ketones (excluding diaryl/α,β-unsaturated/α-hetero) is 1. The monoisotopic (exact) mass is 218 g/mol. The van der Waals surface area contributed by atoms with Gasteiger partial charge in [-0.15, -0.1) is 0 Å². The average Bonchev–Trinajstić information content (AvgIpc) is 2.53. The van der Waals surface area contributed by atoms with Gasteiger partial charge in [-0.2, -0.15) is 0 Å². The van der Waals surface area contributed by atoms with Crippen molar-refractivity contribution in [2.45, 2.75) is 19.4 Å². The van der Waals surface area contributed by atoms with Gasteiger partial charge in [0.05, 0.1) is 12.5 Å². The molecule has 0 bridgehead atoms. The van der Waals surface area contributed by atoms with Crippen molar-refractivity contribution in [2.75, 3.05) is 11.9 Å². The number of carbonyl (C=O) groups is 2. The molecule has 0 radical (unpaired) electrons. The first-order valence-corrected chi connectivity index (χ1v) is 5.20. The second kappa shape index (κ2) is 3.72. The van der Waals surface area contributed by atoms with E-state index >= 15 is 0 Å². The molecule has 1 unspecified atom stereocenters. The third-order valence-corrected chi connectivity index (χ3v) is 2.85. The lowest BCUT2D eigenvalue weighted by molar-refractivity contribution is -0.117. The SMILES string of the molecule is CC(N)C(=O)c1ccc2c(c1)CC(=O)N2C. The molecule has 2 N–H and O–H groups in total. The molecule has 0 aromatic heterocycles. The number of rotatable bonds is 2. The number of hydrogen-bond acceptors (Lipinski definition) is 3. The van der Waals surface area contributed by atoms with Gasteiger partial charge in [0.25, 0.3) is 0 Å². The summed E-state index contributed by atoms with van der Waals surface area (Å²) < 4.78 is 0. The highest BCUT2D eigenvalue weighted by molar-refractivity contribution is 6.04. The van der Waals surface area contributed by atoms with Gasteiger partial charge in [-0.25, -0.2) is 0 Å². The van der Waals surface area contributed by atoms with E-state index < -0.39 is 6.04 Å². The van der Waals surface area contributed by atoms with E-state index in [2.05, 4.69) is 0 Å². The molecule has 4 nitrogen and oxygen atoms in total. The van der Waals surface area contributed by atoms with E-state index in [0.29, 0.717) is 12.0 Å². The molecule has 0 saturated carbocycles. The average molecular weight is 218 g/mol. The minimum Gasteiger partial charge on any atom is -0.321 e. The van der Waals surface area contributed by atoms with E-state index in [0.717, 1.165) is 11.3 Å². The molecule has 16 heavy (non-hydrogen) atoms. The van der Waals surface area contributed by atoms with Crippen LogP contribution in [0.25, 0.3) is 0 Å². The maximum Gasteiger partial charge on any atom is 0.231 e. The van der Waals surface area contributed by atoms with Crippen LogP contribution in [0.3, 0.4) is 0 Å². The molecular weight excluding hydrogens is 204 g/mol. The number of amides is 1. The Bertz CT molecular complexity index is 466. The maximum absolute atomic E-state index is 11.7. The van der Waals surface area contributed by atoms with E-state index in [-0.39, 0.29) is 11.7 Å². The largest absolute Gasteiger partial charge is 0.321 e. The van der Waals surface area contributed by atoms with Crippen LogP contribution in [0.2, 0.25) is 0 Å². The number of hydrogen-bond donors (Lipinski definition) is 1. The van der Waals surface area contributed by atoms with Crippen LogP contribution in [0.5, 0.6) is 0 Å². The summed E-state index contributed by atoms with van der Waals surface area (Å²) in [5.41, 5.74) is 7.90. The van der Waals surface area contributed by atoms with Gasteiger partial charge in [0.1, 0.15) is 0 Å². The summed E-state index contributed by atoms with van der Waals surface area (Å²) in [4.78, 5) is 24.8. The van der Waals surface area contributed by atoms with Crippen molar-refractivity contribution in [1.29, 1.82) is 0 Å². The summed E-state index contributed by atoms with van der Waals surface area (Å²) in [6.07, 6.45) is 0.367. The Morgan fingerprint density at radius 1 is 1.50 bits per heavy atom. The summed E-state index contributed by atoms with van der Waals surface area (Å²) >= 11 is 0. The first kappa shape index (κ1) is 10.8. The molecule has 1 aliphatic heterocycles. The van der Waals surface area contributed by atoms with Crippen LogP contribution in [-0.4, -0.2) is 24.8 Å². The predicted molar refractivity (Wildman–Crippen MR) is 61.5 cm³/mol. The first-order chi connectivity index (χ1) is 7.50. The normalized spacial score (nSPS) is 16.2. The highest BCUT2D eigenvalue weighted by atomic mass is 16.2. The molecule has 0 saturated heterocycles. The molecule has 1 aliphatic rings. The second-order valence-corrected chi connectivity index (χ2v) is 4.13. The molecule has 0 fully saturated rings. The number of benzene rings is 1. The predicted octanol–water partition coefficient (Wildman–Crippen LogP) is 0.735. The molecule has 1 aromatic rings. The molecule has 1 atom stereocenters. The fraction of sp³-hybridized carbons (Fsp3) is 0.333. The molecular formula is C12H14N2O2. The van der Waals surface area contributed by atoms with Crippen LogP contribution in [0, 0.1) is 0 Å². The van der Waals surface area contributed by atoms with Crippen molar-refractivity contribution >= 4 is 17.4 Å². The fourth-order valence-electron chi connectivity index (χ4n) is 1.89. The Kier molecular flexibility index (Phi) is 2.52. The van der Waals surface area contributed by atoms with Gasteiger partial charge in [-0.05, 0) is 30.7 Å². The molecule has 84 valence electrons. The Morgan fingerprint density at radius 2 is 2.19 bits per heavy atom. The fourth-order valence-corrected chi connectivity index (χ4v) is 1.89. The summed E-state index contributed by atoms with van der Waals surface area (Å²) in [7, 11) is 1.74. The summed E-state index contributed by atoms with van der Waals surface area (Å²) in [6.45, 7) is 1.66. The molecule has 1 aromatic carbocycles. The highest BCUT2D eigenvalue weighted by Gasteiger charge is 2.25. The van der Waals surface area contributed by atoms with Crippen LogP contribution in [0.4, 0.5) is 5.69 Å². The van der Waals surface area contributed by atoms with Crippen LogP contribution >= 0.6 is 0 Å². The van der Waals surface area contributed by atoms with E-state index in [9.17, 15) is 9.59 Å². The Morgan fingerprint density at radius 3 is 2.81 bits per heavy atom. The van der Waals surface area contributed by atoms with Crippen molar-refractivity contribution in [1.82, 2.24) is 0 Å². The highest BCUT2D eigenvalue weighted by Crippen LogP contribution is 2.28. The quantitative estimate of drug-likeness (QED) is 0.744. The van der Waals surface area contributed by atoms with Crippen molar-refractivity contribution < 1.29 is 9.59 Å². The van der Waals surface area contributed by atoms with Crippen LogP contribution in [-0.2, 0) is 11.2 Å². The zero-order valence-corrected chi connectivity index (χ0v) is 9.36. The maximum atomic E-state index is 11.7. The van der Waals surface area contributed by atoms with Crippen molar-refractivity contribution in [3.8, 4) is 0 Å². The van der Waals surface area contributed by atoms with Crippen LogP contribution in [0.15, 0.2) is 18.2 Å². The van der Waals surface area contributed by atoms with Crippen LogP contribution < -0.4 is 10.6 Å².